The summed E-state index contributed by atoms with van der Waals surface area (Å²) in [6.45, 7) is 1.01. The summed E-state index contributed by atoms with van der Waals surface area (Å²) >= 11 is 7.26. The van der Waals surface area contributed by atoms with Gasteiger partial charge in [0.1, 0.15) is 0 Å². The van der Waals surface area contributed by atoms with Crippen LogP contribution in [-0.4, -0.2) is 17.6 Å². The summed E-state index contributed by atoms with van der Waals surface area (Å²) in [6, 6.07) is 8.85. The van der Waals surface area contributed by atoms with Crippen LogP contribution in [0.3, 0.4) is 0 Å². The Morgan fingerprint density at radius 3 is 2.70 bits per heavy atom. The number of benzene rings is 1. The highest BCUT2D eigenvalue weighted by atomic mass is 35.5. The molecular formula is C14H15ClN2O2S. The van der Waals surface area contributed by atoms with Crippen LogP contribution in [0.1, 0.15) is 26.9 Å². The summed E-state index contributed by atoms with van der Waals surface area (Å²) in [7, 11) is 0. The normalized spacial score (nSPS) is 12.3. The van der Waals surface area contributed by atoms with Crippen LogP contribution in [0.15, 0.2) is 35.7 Å². The first kappa shape index (κ1) is 15.0. The number of hydrogen-bond donors (Lipinski definition) is 3. The quantitative estimate of drug-likeness (QED) is 0.766. The van der Waals surface area contributed by atoms with E-state index < -0.39 is 12.0 Å². The molecular weight excluding hydrogens is 296 g/mol. The molecule has 4 N–H and O–H groups in total. The maximum absolute atomic E-state index is 11.0. The minimum absolute atomic E-state index is 0.422. The predicted octanol–water partition coefficient (Wildman–Crippen LogP) is 2.32. The van der Waals surface area contributed by atoms with E-state index in [4.69, 9.17) is 17.3 Å². The average Bonchev–Trinajstić information content (AvgIpc) is 2.88. The zero-order valence-corrected chi connectivity index (χ0v) is 12.2. The van der Waals surface area contributed by atoms with E-state index in [1.54, 1.807) is 35.7 Å². The van der Waals surface area contributed by atoms with Crippen LogP contribution in [0, 0.1) is 0 Å². The first-order valence-electron chi connectivity index (χ1n) is 6.07. The number of carbonyl (C=O) groups is 1. The van der Waals surface area contributed by atoms with Gasteiger partial charge in [0.25, 0.3) is 0 Å². The summed E-state index contributed by atoms with van der Waals surface area (Å²) in [5.74, 6) is -0.423. The third kappa shape index (κ3) is 4.05. The van der Waals surface area contributed by atoms with Gasteiger partial charge in [-0.25, -0.2) is 0 Å². The molecule has 0 radical (unpaired) electrons. The monoisotopic (exact) mass is 310 g/mol. The summed E-state index contributed by atoms with van der Waals surface area (Å²) < 4.78 is 0. The molecule has 0 aliphatic carbocycles. The average molecular weight is 311 g/mol. The van der Waals surface area contributed by atoms with Crippen LogP contribution >= 0.6 is 22.9 Å². The molecule has 1 atom stereocenters. The van der Waals surface area contributed by atoms with Crippen LogP contribution in [-0.2, 0) is 6.54 Å². The Bertz CT molecular complexity index is 583. The third-order valence-electron chi connectivity index (χ3n) is 2.83. The summed E-state index contributed by atoms with van der Waals surface area (Å²) in [5, 5.41) is 15.5. The van der Waals surface area contributed by atoms with E-state index in [9.17, 15) is 9.90 Å². The number of amides is 1. The molecule has 106 valence electrons. The molecule has 0 aliphatic rings. The smallest absolute Gasteiger partial charge is 0.249 e. The van der Waals surface area contributed by atoms with Crippen molar-refractivity contribution in [1.29, 1.82) is 0 Å². The standard InChI is InChI=1S/C14H15ClN2O2S/c15-11-3-1-9(2-4-11)13(18)7-17-6-12-5-10(8-20-12)14(16)19/h1-5,8,13,17-18H,6-7H2,(H2,16,19). The van der Waals surface area contributed by atoms with Gasteiger partial charge in [-0.2, -0.15) is 0 Å². The minimum Gasteiger partial charge on any atom is -0.387 e. The van der Waals surface area contributed by atoms with Crippen molar-refractivity contribution in [2.24, 2.45) is 5.73 Å². The Morgan fingerprint density at radius 2 is 2.10 bits per heavy atom. The molecule has 4 nitrogen and oxygen atoms in total. The molecule has 6 heteroatoms. The molecule has 0 aliphatic heterocycles. The second-order valence-corrected chi connectivity index (χ2v) is 5.80. The van der Waals surface area contributed by atoms with Crippen molar-refractivity contribution in [2.45, 2.75) is 12.6 Å². The topological polar surface area (TPSA) is 75.4 Å². The van der Waals surface area contributed by atoms with Gasteiger partial charge in [-0.3, -0.25) is 4.79 Å². The first-order chi connectivity index (χ1) is 9.56. The van der Waals surface area contributed by atoms with E-state index in [1.165, 1.54) is 11.3 Å². The number of halogens is 1. The number of thiophene rings is 1. The largest absolute Gasteiger partial charge is 0.387 e. The lowest BCUT2D eigenvalue weighted by Crippen LogP contribution is -2.20. The van der Waals surface area contributed by atoms with Crippen molar-refractivity contribution in [3.63, 3.8) is 0 Å². The van der Waals surface area contributed by atoms with Crippen LogP contribution in [0.25, 0.3) is 0 Å². The van der Waals surface area contributed by atoms with Crippen molar-refractivity contribution in [2.75, 3.05) is 6.54 Å². The highest BCUT2D eigenvalue weighted by molar-refractivity contribution is 7.10. The Kier molecular flexibility index (Phi) is 5.14. The number of nitrogens with one attached hydrogen (secondary N) is 1. The zero-order valence-electron chi connectivity index (χ0n) is 10.7. The van der Waals surface area contributed by atoms with Gasteiger partial charge in [0.2, 0.25) is 5.91 Å². The lowest BCUT2D eigenvalue weighted by Gasteiger charge is -2.11. The summed E-state index contributed by atoms with van der Waals surface area (Å²) in [6.07, 6.45) is -0.595. The summed E-state index contributed by atoms with van der Waals surface area (Å²) in [5.41, 5.74) is 6.52. The molecule has 0 bridgehead atoms. The lowest BCUT2D eigenvalue weighted by atomic mass is 10.1. The Labute approximate surface area is 126 Å². The van der Waals surface area contributed by atoms with Gasteiger partial charge in [-0.1, -0.05) is 23.7 Å². The maximum Gasteiger partial charge on any atom is 0.249 e. The van der Waals surface area contributed by atoms with Gasteiger partial charge >= 0.3 is 0 Å². The van der Waals surface area contributed by atoms with E-state index in [0.717, 1.165) is 10.4 Å². The number of primary amides is 1. The van der Waals surface area contributed by atoms with E-state index >= 15 is 0 Å². The number of hydrogen-bond acceptors (Lipinski definition) is 4. The van der Waals surface area contributed by atoms with Crippen molar-refractivity contribution in [3.8, 4) is 0 Å². The molecule has 2 rings (SSSR count). The number of carbonyl (C=O) groups excluding carboxylic acids is 1. The zero-order chi connectivity index (χ0) is 14.5. The molecule has 2 aromatic rings. The fraction of sp³-hybridized carbons (Fsp3) is 0.214. The number of aliphatic hydroxyl groups excluding tert-OH is 1. The molecule has 20 heavy (non-hydrogen) atoms. The van der Waals surface area contributed by atoms with Crippen LogP contribution in [0.5, 0.6) is 0 Å². The van der Waals surface area contributed by atoms with Gasteiger partial charge in [0, 0.05) is 28.4 Å². The molecule has 0 fully saturated rings. The number of nitrogens with two attached hydrogens (primary N) is 1. The number of rotatable bonds is 6. The highest BCUT2D eigenvalue weighted by Crippen LogP contribution is 2.17. The molecule has 1 unspecified atom stereocenters. The third-order valence-corrected chi connectivity index (χ3v) is 4.02. The molecule has 1 aromatic heterocycles. The summed E-state index contributed by atoms with van der Waals surface area (Å²) in [4.78, 5) is 12.0. The first-order valence-corrected chi connectivity index (χ1v) is 7.33. The van der Waals surface area contributed by atoms with Crippen molar-refractivity contribution in [1.82, 2.24) is 5.32 Å². The fourth-order valence-corrected chi connectivity index (χ4v) is 2.71. The van der Waals surface area contributed by atoms with Gasteiger partial charge in [0.15, 0.2) is 0 Å². The van der Waals surface area contributed by atoms with Crippen molar-refractivity contribution in [3.05, 3.63) is 56.7 Å². The Hall–Kier alpha value is -1.40. The predicted molar refractivity (Wildman–Crippen MR) is 81.0 cm³/mol. The van der Waals surface area contributed by atoms with Crippen LogP contribution < -0.4 is 11.1 Å². The van der Waals surface area contributed by atoms with Gasteiger partial charge in [-0.05, 0) is 23.8 Å². The van der Waals surface area contributed by atoms with E-state index in [0.29, 0.717) is 23.7 Å². The second kappa shape index (κ2) is 6.85. The Balaban J connectivity index is 1.82. The Morgan fingerprint density at radius 1 is 1.40 bits per heavy atom. The molecule has 0 saturated heterocycles. The van der Waals surface area contributed by atoms with Crippen molar-refractivity contribution < 1.29 is 9.90 Å². The number of aliphatic hydroxyl groups is 1. The minimum atomic E-state index is -0.595. The van der Waals surface area contributed by atoms with E-state index in [1.807, 2.05) is 0 Å². The lowest BCUT2D eigenvalue weighted by molar-refractivity contribution is 0.100. The molecule has 1 aromatic carbocycles. The van der Waals surface area contributed by atoms with Gasteiger partial charge in [0.05, 0.1) is 11.7 Å². The van der Waals surface area contributed by atoms with Crippen LogP contribution in [0.4, 0.5) is 0 Å². The van der Waals surface area contributed by atoms with Crippen LogP contribution in [0.2, 0.25) is 5.02 Å². The molecule has 1 amide bonds. The molecule has 0 saturated carbocycles. The molecule has 1 heterocycles. The van der Waals surface area contributed by atoms with E-state index in [2.05, 4.69) is 5.32 Å². The van der Waals surface area contributed by atoms with Gasteiger partial charge in [-0.15, -0.1) is 11.3 Å². The molecule has 0 spiro atoms. The van der Waals surface area contributed by atoms with Gasteiger partial charge < -0.3 is 16.2 Å². The SMILES string of the molecule is NC(=O)c1csc(CNCC(O)c2ccc(Cl)cc2)c1. The van der Waals surface area contributed by atoms with E-state index in [-0.39, 0.29) is 0 Å². The fourth-order valence-electron chi connectivity index (χ4n) is 1.74. The second-order valence-electron chi connectivity index (χ2n) is 4.36. The maximum atomic E-state index is 11.0. The highest BCUT2D eigenvalue weighted by Gasteiger charge is 2.08. The van der Waals surface area contributed by atoms with Crippen molar-refractivity contribution >= 4 is 28.8 Å².